The van der Waals surface area contributed by atoms with E-state index < -0.39 is 23.9 Å². The number of benzene rings is 2. The number of urea groups is 1. The van der Waals surface area contributed by atoms with Crippen molar-refractivity contribution in [3.8, 4) is 11.5 Å². The molecule has 1 fully saturated rings. The minimum atomic E-state index is -0.968. The predicted octanol–water partition coefficient (Wildman–Crippen LogP) is 2.72. The van der Waals surface area contributed by atoms with Gasteiger partial charge in [0.25, 0.3) is 0 Å². The quantitative estimate of drug-likeness (QED) is 0.632. The zero-order chi connectivity index (χ0) is 22.4. The molecule has 1 aliphatic rings. The zero-order valence-electron chi connectivity index (χ0n) is 17.1. The van der Waals surface area contributed by atoms with Crippen LogP contribution in [0.1, 0.15) is 6.42 Å². The number of carbonyl (C=O) groups is 3. The number of carbonyl (C=O) groups excluding carboxylic acids is 3. The molecule has 2 aromatic rings. The topological polar surface area (TPSA) is 109 Å². The molecule has 2 aromatic carbocycles. The molecule has 10 heteroatoms. The number of rotatable bonds is 6. The lowest BCUT2D eigenvalue weighted by Gasteiger charge is -2.34. The van der Waals surface area contributed by atoms with Crippen molar-refractivity contribution >= 4 is 40.8 Å². The van der Waals surface area contributed by atoms with E-state index in [1.54, 1.807) is 42.5 Å². The van der Waals surface area contributed by atoms with Crippen molar-refractivity contribution in [2.24, 2.45) is 0 Å². The number of nitrogens with zero attached hydrogens (tertiary/aromatic N) is 1. The first kappa shape index (κ1) is 22.2. The van der Waals surface area contributed by atoms with E-state index in [4.69, 9.17) is 21.1 Å². The van der Waals surface area contributed by atoms with Gasteiger partial charge in [-0.25, -0.2) is 4.79 Å². The lowest BCUT2D eigenvalue weighted by Crippen LogP contribution is -2.59. The third-order valence-electron chi connectivity index (χ3n) is 4.73. The van der Waals surface area contributed by atoms with Crippen LogP contribution in [-0.4, -0.2) is 56.1 Å². The third kappa shape index (κ3) is 5.58. The summed E-state index contributed by atoms with van der Waals surface area (Å²) in [5.41, 5.74) is 0.894. The maximum atomic E-state index is 12.8. The number of hydrogen-bond acceptors (Lipinski definition) is 5. The molecule has 0 spiro atoms. The van der Waals surface area contributed by atoms with Crippen LogP contribution in [0.4, 0.5) is 16.2 Å². The van der Waals surface area contributed by atoms with E-state index in [1.165, 1.54) is 19.1 Å². The average molecular weight is 447 g/mol. The second-order valence-electron chi connectivity index (χ2n) is 6.76. The summed E-state index contributed by atoms with van der Waals surface area (Å²) >= 11 is 5.96. The van der Waals surface area contributed by atoms with Crippen LogP contribution in [0.3, 0.4) is 0 Å². The van der Waals surface area contributed by atoms with Crippen LogP contribution in [0.5, 0.6) is 11.5 Å². The Kier molecular flexibility index (Phi) is 7.19. The van der Waals surface area contributed by atoms with Gasteiger partial charge in [0, 0.05) is 29.9 Å². The fourth-order valence-corrected chi connectivity index (χ4v) is 3.40. The van der Waals surface area contributed by atoms with Crippen LogP contribution in [0.25, 0.3) is 0 Å². The van der Waals surface area contributed by atoms with E-state index in [2.05, 4.69) is 16.0 Å². The number of nitrogens with one attached hydrogen (secondary N) is 3. The van der Waals surface area contributed by atoms with Crippen molar-refractivity contribution in [1.29, 1.82) is 0 Å². The minimum absolute atomic E-state index is 0.227. The zero-order valence-corrected chi connectivity index (χ0v) is 17.9. The van der Waals surface area contributed by atoms with Gasteiger partial charge in [-0.1, -0.05) is 17.7 Å². The summed E-state index contributed by atoms with van der Waals surface area (Å²) in [4.78, 5) is 39.3. The van der Waals surface area contributed by atoms with E-state index >= 15 is 0 Å². The van der Waals surface area contributed by atoms with Crippen LogP contribution in [0, 0.1) is 0 Å². The second kappa shape index (κ2) is 10.0. The Morgan fingerprint density at radius 1 is 1.16 bits per heavy atom. The number of ether oxygens (including phenoxy) is 2. The Hall–Kier alpha value is -3.46. The van der Waals surface area contributed by atoms with Crippen LogP contribution in [-0.2, 0) is 9.59 Å². The Labute approximate surface area is 184 Å². The van der Waals surface area contributed by atoms with Gasteiger partial charge in [-0.2, -0.15) is 0 Å². The molecule has 164 valence electrons. The largest absolute Gasteiger partial charge is 0.497 e. The first-order chi connectivity index (χ1) is 14.9. The van der Waals surface area contributed by atoms with Gasteiger partial charge >= 0.3 is 6.03 Å². The fraction of sp³-hybridized carbons (Fsp3) is 0.286. The average Bonchev–Trinajstić information content (AvgIpc) is 2.75. The summed E-state index contributed by atoms with van der Waals surface area (Å²) in [6.45, 7) is 0.558. The van der Waals surface area contributed by atoms with Crippen molar-refractivity contribution in [2.75, 3.05) is 37.9 Å². The maximum Gasteiger partial charge on any atom is 0.322 e. The van der Waals surface area contributed by atoms with Gasteiger partial charge in [0.05, 0.1) is 26.3 Å². The summed E-state index contributed by atoms with van der Waals surface area (Å²) in [5.74, 6) is 0.126. The summed E-state index contributed by atoms with van der Waals surface area (Å²) in [7, 11) is 2.99. The highest BCUT2D eigenvalue weighted by atomic mass is 35.5. The van der Waals surface area contributed by atoms with E-state index in [-0.39, 0.29) is 13.0 Å². The molecule has 0 aliphatic carbocycles. The standard InChI is InChI=1S/C21H23ClN4O5/c1-30-15-6-7-18(31-2)16(11-15)25-19(27)12-17-20(28)23-8-9-26(17)21(29)24-14-5-3-4-13(22)10-14/h3-7,10-11,17H,8-9,12H2,1-2H3,(H,23,28)(H,24,29)(H,25,27)/t17-/m0/s1. The van der Waals surface area contributed by atoms with Crippen LogP contribution >= 0.6 is 11.6 Å². The van der Waals surface area contributed by atoms with E-state index in [1.807, 2.05) is 0 Å². The number of piperazine rings is 1. The van der Waals surface area contributed by atoms with Gasteiger partial charge in [-0.3, -0.25) is 9.59 Å². The van der Waals surface area contributed by atoms with Crippen LogP contribution < -0.4 is 25.4 Å². The van der Waals surface area contributed by atoms with Crippen molar-refractivity contribution in [3.63, 3.8) is 0 Å². The van der Waals surface area contributed by atoms with E-state index in [0.29, 0.717) is 34.4 Å². The van der Waals surface area contributed by atoms with E-state index in [9.17, 15) is 14.4 Å². The molecule has 0 radical (unpaired) electrons. The number of anilines is 2. The SMILES string of the molecule is COc1ccc(OC)c(NC(=O)C[C@H]2C(=O)NCCN2C(=O)Nc2cccc(Cl)c2)c1. The molecule has 0 unspecified atom stereocenters. The summed E-state index contributed by atoms with van der Waals surface area (Å²) in [5, 5.41) is 8.60. The molecule has 3 rings (SSSR count). The maximum absolute atomic E-state index is 12.8. The minimum Gasteiger partial charge on any atom is -0.497 e. The first-order valence-corrected chi connectivity index (χ1v) is 9.92. The number of halogens is 1. The number of methoxy groups -OCH3 is 2. The molecule has 4 amide bonds. The Morgan fingerprint density at radius 2 is 1.97 bits per heavy atom. The second-order valence-corrected chi connectivity index (χ2v) is 7.20. The molecule has 1 aliphatic heterocycles. The highest BCUT2D eigenvalue weighted by molar-refractivity contribution is 6.30. The molecule has 1 atom stereocenters. The Bertz CT molecular complexity index is 984. The van der Waals surface area contributed by atoms with Crippen LogP contribution in [0.2, 0.25) is 5.02 Å². The summed E-state index contributed by atoms with van der Waals surface area (Å²) in [6.07, 6.45) is -0.227. The molecule has 0 bridgehead atoms. The molecule has 31 heavy (non-hydrogen) atoms. The fourth-order valence-electron chi connectivity index (χ4n) is 3.21. The van der Waals surface area contributed by atoms with Crippen molar-refractivity contribution in [2.45, 2.75) is 12.5 Å². The third-order valence-corrected chi connectivity index (χ3v) is 4.96. The molecule has 1 heterocycles. The van der Waals surface area contributed by atoms with Gasteiger partial charge in [0.2, 0.25) is 11.8 Å². The van der Waals surface area contributed by atoms with Crippen molar-refractivity contribution in [3.05, 3.63) is 47.5 Å². The highest BCUT2D eigenvalue weighted by Crippen LogP contribution is 2.29. The van der Waals surface area contributed by atoms with Crippen molar-refractivity contribution in [1.82, 2.24) is 10.2 Å². The Morgan fingerprint density at radius 3 is 2.68 bits per heavy atom. The normalized spacial score (nSPS) is 15.6. The lowest BCUT2D eigenvalue weighted by molar-refractivity contribution is -0.130. The van der Waals surface area contributed by atoms with Gasteiger partial charge in [-0.15, -0.1) is 0 Å². The van der Waals surface area contributed by atoms with Crippen LogP contribution in [0.15, 0.2) is 42.5 Å². The smallest absolute Gasteiger partial charge is 0.322 e. The molecule has 9 nitrogen and oxygen atoms in total. The number of hydrogen-bond donors (Lipinski definition) is 3. The van der Waals surface area contributed by atoms with Gasteiger partial charge in [0.15, 0.2) is 0 Å². The van der Waals surface area contributed by atoms with Crippen molar-refractivity contribution < 1.29 is 23.9 Å². The highest BCUT2D eigenvalue weighted by Gasteiger charge is 2.35. The predicted molar refractivity (Wildman–Crippen MR) is 117 cm³/mol. The Balaban J connectivity index is 1.72. The monoisotopic (exact) mass is 446 g/mol. The molecular weight excluding hydrogens is 424 g/mol. The molecule has 1 saturated heterocycles. The van der Waals surface area contributed by atoms with E-state index in [0.717, 1.165) is 0 Å². The van der Waals surface area contributed by atoms with Gasteiger partial charge in [0.1, 0.15) is 17.5 Å². The first-order valence-electron chi connectivity index (χ1n) is 9.54. The molecule has 0 saturated carbocycles. The molecule has 0 aromatic heterocycles. The molecule has 3 N–H and O–H groups in total. The van der Waals surface area contributed by atoms with Gasteiger partial charge in [-0.05, 0) is 30.3 Å². The van der Waals surface area contributed by atoms with Gasteiger partial charge < -0.3 is 30.3 Å². The number of amides is 4. The molecular formula is C21H23ClN4O5. The summed E-state index contributed by atoms with van der Waals surface area (Å²) in [6, 6.07) is 10.2. The summed E-state index contributed by atoms with van der Waals surface area (Å²) < 4.78 is 10.4. The lowest BCUT2D eigenvalue weighted by atomic mass is 10.1.